The molecule has 4 aromatic rings. The van der Waals surface area contributed by atoms with E-state index in [9.17, 15) is 9.59 Å². The van der Waals surface area contributed by atoms with Gasteiger partial charge in [0.25, 0.3) is 5.91 Å². The molecule has 3 heterocycles. The zero-order valence-corrected chi connectivity index (χ0v) is 13.9. The van der Waals surface area contributed by atoms with E-state index in [1.54, 1.807) is 36.0 Å². The second-order valence-electron chi connectivity index (χ2n) is 5.90. The van der Waals surface area contributed by atoms with Crippen LogP contribution in [0.25, 0.3) is 22.1 Å². The number of rotatable bonds is 2. The fraction of sp³-hybridized carbons (Fsp3) is 0.176. The van der Waals surface area contributed by atoms with E-state index in [-0.39, 0.29) is 5.91 Å². The lowest BCUT2D eigenvalue weighted by molar-refractivity contribution is 0.102. The van der Waals surface area contributed by atoms with Crippen LogP contribution in [0.5, 0.6) is 0 Å². The lowest BCUT2D eigenvalue weighted by Crippen LogP contribution is -2.13. The van der Waals surface area contributed by atoms with Gasteiger partial charge in [-0.1, -0.05) is 0 Å². The van der Waals surface area contributed by atoms with E-state index in [0.717, 1.165) is 16.8 Å². The molecule has 0 saturated carbocycles. The summed E-state index contributed by atoms with van der Waals surface area (Å²) < 4.78 is 6.62. The number of carbonyl (C=O) groups is 1. The molecule has 0 bridgehead atoms. The summed E-state index contributed by atoms with van der Waals surface area (Å²) in [6, 6.07) is 6.70. The molecule has 126 valence electrons. The van der Waals surface area contributed by atoms with Gasteiger partial charge in [0.15, 0.2) is 11.2 Å². The highest BCUT2D eigenvalue weighted by Crippen LogP contribution is 2.23. The predicted molar refractivity (Wildman–Crippen MR) is 92.8 cm³/mol. The number of oxazole rings is 1. The van der Waals surface area contributed by atoms with Gasteiger partial charge in [-0.05, 0) is 38.1 Å². The van der Waals surface area contributed by atoms with Crippen LogP contribution in [-0.2, 0) is 7.05 Å². The number of aromatic nitrogens is 4. The Labute approximate surface area is 141 Å². The highest BCUT2D eigenvalue weighted by molar-refractivity contribution is 6.13. The van der Waals surface area contributed by atoms with Gasteiger partial charge < -0.3 is 9.73 Å². The fourth-order valence-electron chi connectivity index (χ4n) is 2.98. The Morgan fingerprint density at radius 3 is 2.88 bits per heavy atom. The van der Waals surface area contributed by atoms with Crippen LogP contribution in [0.15, 0.2) is 33.5 Å². The van der Waals surface area contributed by atoms with Gasteiger partial charge in [-0.2, -0.15) is 5.10 Å². The van der Waals surface area contributed by atoms with Gasteiger partial charge in [-0.15, -0.1) is 0 Å². The summed E-state index contributed by atoms with van der Waals surface area (Å²) >= 11 is 0. The lowest BCUT2D eigenvalue weighted by Gasteiger charge is -2.08. The number of benzene rings is 1. The van der Waals surface area contributed by atoms with Crippen LogP contribution in [-0.4, -0.2) is 25.7 Å². The van der Waals surface area contributed by atoms with Crippen molar-refractivity contribution < 1.29 is 9.21 Å². The highest BCUT2D eigenvalue weighted by atomic mass is 16.4. The molecular weight excluding hydrogens is 322 g/mol. The molecule has 0 saturated heterocycles. The first kappa shape index (κ1) is 15.1. The number of nitrogens with zero attached hydrogens (tertiary/aromatic N) is 3. The minimum Gasteiger partial charge on any atom is -0.408 e. The molecule has 0 radical (unpaired) electrons. The first-order valence-corrected chi connectivity index (χ1v) is 7.67. The van der Waals surface area contributed by atoms with Crippen LogP contribution in [0.1, 0.15) is 21.7 Å². The normalized spacial score (nSPS) is 11.3. The van der Waals surface area contributed by atoms with Crippen molar-refractivity contribution in [1.29, 1.82) is 0 Å². The number of hydrogen-bond acceptors (Lipinski definition) is 5. The van der Waals surface area contributed by atoms with Crippen LogP contribution >= 0.6 is 0 Å². The summed E-state index contributed by atoms with van der Waals surface area (Å²) in [6.45, 7) is 3.68. The van der Waals surface area contributed by atoms with Gasteiger partial charge >= 0.3 is 5.76 Å². The molecule has 0 aliphatic heterocycles. The van der Waals surface area contributed by atoms with Crippen LogP contribution in [0.2, 0.25) is 0 Å². The number of hydrogen-bond donors (Lipinski definition) is 2. The molecule has 8 heteroatoms. The maximum atomic E-state index is 12.8. The van der Waals surface area contributed by atoms with E-state index in [0.29, 0.717) is 28.0 Å². The second-order valence-corrected chi connectivity index (χ2v) is 5.90. The number of pyridine rings is 1. The van der Waals surface area contributed by atoms with Gasteiger partial charge in [0.1, 0.15) is 0 Å². The molecule has 4 rings (SSSR count). The molecule has 1 amide bonds. The second kappa shape index (κ2) is 5.30. The van der Waals surface area contributed by atoms with Crippen LogP contribution in [0.4, 0.5) is 5.69 Å². The smallest absolute Gasteiger partial charge is 0.408 e. The van der Waals surface area contributed by atoms with Crippen LogP contribution in [0.3, 0.4) is 0 Å². The molecule has 0 aliphatic carbocycles. The topological polar surface area (TPSA) is 106 Å². The molecular formula is C17H15N5O3. The van der Waals surface area contributed by atoms with Crippen molar-refractivity contribution in [3.8, 4) is 0 Å². The molecule has 8 nitrogen and oxygen atoms in total. The highest BCUT2D eigenvalue weighted by Gasteiger charge is 2.18. The summed E-state index contributed by atoms with van der Waals surface area (Å²) in [7, 11) is 1.80. The predicted octanol–water partition coefficient (Wildman–Crippen LogP) is 2.27. The van der Waals surface area contributed by atoms with Crippen molar-refractivity contribution in [2.45, 2.75) is 13.8 Å². The quantitative estimate of drug-likeness (QED) is 0.584. The Kier molecular flexibility index (Phi) is 3.21. The molecule has 0 fully saturated rings. The molecule has 0 atom stereocenters. The molecule has 0 aliphatic rings. The third-order valence-electron chi connectivity index (χ3n) is 4.02. The van der Waals surface area contributed by atoms with Crippen molar-refractivity contribution in [1.82, 2.24) is 19.7 Å². The third-order valence-corrected chi connectivity index (χ3v) is 4.02. The first-order valence-electron chi connectivity index (χ1n) is 7.67. The number of aromatic amines is 1. The Morgan fingerprint density at radius 1 is 1.28 bits per heavy atom. The minimum absolute atomic E-state index is 0.267. The van der Waals surface area contributed by atoms with E-state index < -0.39 is 5.76 Å². The van der Waals surface area contributed by atoms with Crippen molar-refractivity contribution in [2.24, 2.45) is 7.05 Å². The average molecular weight is 337 g/mol. The van der Waals surface area contributed by atoms with Crippen molar-refractivity contribution >= 4 is 33.7 Å². The number of aryl methyl sites for hydroxylation is 3. The average Bonchev–Trinajstić information content (AvgIpc) is 3.05. The largest absolute Gasteiger partial charge is 0.417 e. The summed E-state index contributed by atoms with van der Waals surface area (Å²) in [4.78, 5) is 31.1. The van der Waals surface area contributed by atoms with Crippen LogP contribution in [0, 0.1) is 13.8 Å². The van der Waals surface area contributed by atoms with Gasteiger partial charge in [0, 0.05) is 18.4 Å². The van der Waals surface area contributed by atoms with E-state index in [1.165, 1.54) is 0 Å². The molecule has 2 N–H and O–H groups in total. The van der Waals surface area contributed by atoms with E-state index in [1.807, 2.05) is 13.8 Å². The Hall–Kier alpha value is -3.42. The van der Waals surface area contributed by atoms with Crippen LogP contribution < -0.4 is 11.1 Å². The number of anilines is 1. The van der Waals surface area contributed by atoms with Gasteiger partial charge in [0.2, 0.25) is 0 Å². The van der Waals surface area contributed by atoms with Crippen molar-refractivity contribution in [3.63, 3.8) is 0 Å². The molecule has 25 heavy (non-hydrogen) atoms. The number of nitrogens with one attached hydrogen (secondary N) is 2. The minimum atomic E-state index is -0.532. The van der Waals surface area contributed by atoms with Crippen molar-refractivity contribution in [2.75, 3.05) is 5.32 Å². The zero-order chi connectivity index (χ0) is 17.7. The SMILES string of the molecule is Cc1cc(C(=O)Nc2ccc3oc(=O)[nH]c3c2)c2c(C)nn(C)c2n1. The number of fused-ring (bicyclic) bond motifs is 2. The molecule has 3 aromatic heterocycles. The first-order chi connectivity index (χ1) is 11.9. The number of amides is 1. The Bertz CT molecular complexity index is 1200. The van der Waals surface area contributed by atoms with E-state index in [2.05, 4.69) is 20.4 Å². The molecule has 0 unspecified atom stereocenters. The lowest BCUT2D eigenvalue weighted by atomic mass is 10.1. The van der Waals surface area contributed by atoms with Crippen molar-refractivity contribution in [3.05, 3.63) is 51.8 Å². The maximum Gasteiger partial charge on any atom is 0.417 e. The van der Waals surface area contributed by atoms with E-state index in [4.69, 9.17) is 4.42 Å². The van der Waals surface area contributed by atoms with Gasteiger partial charge in [-0.25, -0.2) is 9.78 Å². The standard InChI is InChI=1S/C17H15N5O3/c1-8-6-11(14-9(2)21-22(3)15(14)18-8)16(23)19-10-4-5-13-12(7-10)20-17(24)25-13/h4-7H,1-3H3,(H,19,23)(H,20,24). The van der Waals surface area contributed by atoms with E-state index >= 15 is 0 Å². The number of carbonyl (C=O) groups excluding carboxylic acids is 1. The zero-order valence-electron chi connectivity index (χ0n) is 13.9. The summed E-state index contributed by atoms with van der Waals surface area (Å²) in [6.07, 6.45) is 0. The molecule has 1 aromatic carbocycles. The molecule has 0 spiro atoms. The Morgan fingerprint density at radius 2 is 2.08 bits per heavy atom. The third kappa shape index (κ3) is 2.47. The maximum absolute atomic E-state index is 12.8. The summed E-state index contributed by atoms with van der Waals surface area (Å²) in [5.41, 5.74) is 4.16. The van der Waals surface area contributed by atoms with Gasteiger partial charge in [0.05, 0.1) is 22.2 Å². The fourth-order valence-corrected chi connectivity index (χ4v) is 2.98. The Balaban J connectivity index is 1.77. The number of H-pyrrole nitrogens is 1. The monoisotopic (exact) mass is 337 g/mol. The van der Waals surface area contributed by atoms with Gasteiger partial charge in [-0.3, -0.25) is 14.5 Å². The summed E-state index contributed by atoms with van der Waals surface area (Å²) in [5.74, 6) is -0.798. The summed E-state index contributed by atoms with van der Waals surface area (Å²) in [5, 5.41) is 7.92.